The van der Waals surface area contributed by atoms with Gasteiger partial charge in [-0.15, -0.1) is 0 Å². The minimum Gasteiger partial charge on any atom is -0.496 e. The van der Waals surface area contributed by atoms with Crippen LogP contribution in [0.3, 0.4) is 0 Å². The van der Waals surface area contributed by atoms with Gasteiger partial charge in [0.25, 0.3) is 0 Å². The number of nitrogens with one attached hydrogen (secondary N) is 1. The van der Waals surface area contributed by atoms with Crippen LogP contribution in [-0.2, 0) is 0 Å². The van der Waals surface area contributed by atoms with Crippen LogP contribution in [0, 0.1) is 37.0 Å². The predicted octanol–water partition coefficient (Wildman–Crippen LogP) is 3.37. The van der Waals surface area contributed by atoms with E-state index in [9.17, 15) is 5.26 Å². The second-order valence-corrected chi connectivity index (χ2v) is 5.36. The van der Waals surface area contributed by atoms with Crippen LogP contribution in [0.15, 0.2) is 12.1 Å². The van der Waals surface area contributed by atoms with Crippen molar-refractivity contribution in [1.29, 1.82) is 5.26 Å². The third-order valence-electron chi connectivity index (χ3n) is 3.56. The van der Waals surface area contributed by atoms with E-state index in [1.54, 1.807) is 7.11 Å². The number of nitriles is 1. The van der Waals surface area contributed by atoms with Crippen molar-refractivity contribution in [2.75, 3.05) is 14.2 Å². The van der Waals surface area contributed by atoms with Crippen LogP contribution in [0.1, 0.15) is 36.6 Å². The summed E-state index contributed by atoms with van der Waals surface area (Å²) in [5.74, 6) is 1.06. The highest BCUT2D eigenvalue weighted by Crippen LogP contribution is 2.36. The molecule has 0 aliphatic rings. The monoisotopic (exact) mass is 260 g/mol. The largest absolute Gasteiger partial charge is 0.496 e. The standard InChI is InChI=1S/C16H24N2O/c1-10(2)13(9-17)16(18-5)15-12(4)7-11(3)8-14(15)19-6/h7-8,10,13,16,18H,1-6H3. The van der Waals surface area contributed by atoms with Crippen molar-refractivity contribution in [3.63, 3.8) is 0 Å². The van der Waals surface area contributed by atoms with Crippen molar-refractivity contribution in [1.82, 2.24) is 5.32 Å². The van der Waals surface area contributed by atoms with Gasteiger partial charge in [0.05, 0.1) is 25.1 Å². The van der Waals surface area contributed by atoms with Crippen LogP contribution in [0.25, 0.3) is 0 Å². The number of aryl methyl sites for hydroxylation is 2. The Labute approximate surface area is 116 Å². The SMILES string of the molecule is CNC(c1c(C)cc(C)cc1OC)C(C#N)C(C)C. The normalized spacial score (nSPS) is 14.0. The lowest BCUT2D eigenvalue weighted by Crippen LogP contribution is -2.29. The molecule has 104 valence electrons. The summed E-state index contributed by atoms with van der Waals surface area (Å²) in [6.07, 6.45) is 0. The van der Waals surface area contributed by atoms with E-state index in [1.165, 1.54) is 5.56 Å². The number of rotatable bonds is 5. The van der Waals surface area contributed by atoms with E-state index in [2.05, 4.69) is 45.1 Å². The highest BCUT2D eigenvalue weighted by Gasteiger charge is 2.28. The van der Waals surface area contributed by atoms with E-state index in [-0.39, 0.29) is 17.9 Å². The van der Waals surface area contributed by atoms with Crippen molar-refractivity contribution < 1.29 is 4.74 Å². The Morgan fingerprint density at radius 2 is 1.89 bits per heavy atom. The molecule has 1 rings (SSSR count). The topological polar surface area (TPSA) is 45.0 Å². The van der Waals surface area contributed by atoms with Crippen LogP contribution in [-0.4, -0.2) is 14.2 Å². The molecule has 1 aromatic carbocycles. The minimum absolute atomic E-state index is 0.0134. The molecule has 0 saturated heterocycles. The molecular weight excluding hydrogens is 236 g/mol. The molecule has 0 radical (unpaired) electrons. The summed E-state index contributed by atoms with van der Waals surface area (Å²) in [6, 6.07) is 6.58. The van der Waals surface area contributed by atoms with Crippen molar-refractivity contribution >= 4 is 0 Å². The lowest BCUT2D eigenvalue weighted by atomic mass is 9.83. The van der Waals surface area contributed by atoms with Crippen LogP contribution >= 0.6 is 0 Å². The Morgan fingerprint density at radius 3 is 2.32 bits per heavy atom. The molecule has 0 aromatic heterocycles. The van der Waals surface area contributed by atoms with Gasteiger partial charge in [0, 0.05) is 5.56 Å². The van der Waals surface area contributed by atoms with E-state index in [1.807, 2.05) is 13.1 Å². The number of benzene rings is 1. The van der Waals surface area contributed by atoms with Gasteiger partial charge >= 0.3 is 0 Å². The number of hydrogen-bond donors (Lipinski definition) is 1. The fourth-order valence-corrected chi connectivity index (χ4v) is 2.62. The summed E-state index contributed by atoms with van der Waals surface area (Å²) < 4.78 is 5.51. The summed E-state index contributed by atoms with van der Waals surface area (Å²) in [5.41, 5.74) is 3.43. The minimum atomic E-state index is -0.0830. The van der Waals surface area contributed by atoms with E-state index in [0.29, 0.717) is 0 Å². The van der Waals surface area contributed by atoms with Gasteiger partial charge in [0.15, 0.2) is 0 Å². The maximum absolute atomic E-state index is 9.44. The number of methoxy groups -OCH3 is 1. The first-order valence-electron chi connectivity index (χ1n) is 6.68. The van der Waals surface area contributed by atoms with Crippen LogP contribution in [0.2, 0.25) is 0 Å². The van der Waals surface area contributed by atoms with Crippen LogP contribution < -0.4 is 10.1 Å². The highest BCUT2D eigenvalue weighted by atomic mass is 16.5. The number of nitrogens with zero attached hydrogens (tertiary/aromatic N) is 1. The second-order valence-electron chi connectivity index (χ2n) is 5.36. The lowest BCUT2D eigenvalue weighted by Gasteiger charge is -2.28. The van der Waals surface area contributed by atoms with Gasteiger partial charge in [0.2, 0.25) is 0 Å². The molecule has 1 aromatic rings. The highest BCUT2D eigenvalue weighted by molar-refractivity contribution is 5.45. The van der Waals surface area contributed by atoms with Crippen molar-refractivity contribution in [2.45, 2.75) is 33.7 Å². The first kappa shape index (κ1) is 15.5. The first-order valence-corrected chi connectivity index (χ1v) is 6.68. The summed E-state index contributed by atoms with van der Waals surface area (Å²) in [6.45, 7) is 8.28. The fourth-order valence-electron chi connectivity index (χ4n) is 2.62. The van der Waals surface area contributed by atoms with Gasteiger partial charge in [0.1, 0.15) is 5.75 Å². The summed E-state index contributed by atoms with van der Waals surface area (Å²) >= 11 is 0. The van der Waals surface area contributed by atoms with Gasteiger partial charge in [-0.05, 0) is 44.0 Å². The summed E-state index contributed by atoms with van der Waals surface area (Å²) in [4.78, 5) is 0. The molecule has 3 heteroatoms. The van der Waals surface area contributed by atoms with Crippen molar-refractivity contribution in [3.05, 3.63) is 28.8 Å². The lowest BCUT2D eigenvalue weighted by molar-refractivity contribution is 0.342. The average molecular weight is 260 g/mol. The summed E-state index contributed by atoms with van der Waals surface area (Å²) in [7, 11) is 3.58. The van der Waals surface area contributed by atoms with Crippen molar-refractivity contribution in [2.24, 2.45) is 11.8 Å². The van der Waals surface area contributed by atoms with E-state index < -0.39 is 0 Å². The van der Waals surface area contributed by atoms with Crippen LogP contribution in [0.4, 0.5) is 0 Å². The third-order valence-corrected chi connectivity index (χ3v) is 3.56. The zero-order valence-corrected chi connectivity index (χ0v) is 12.7. The Bertz CT molecular complexity index is 474. The number of hydrogen-bond acceptors (Lipinski definition) is 3. The maximum atomic E-state index is 9.44. The zero-order chi connectivity index (χ0) is 14.6. The zero-order valence-electron chi connectivity index (χ0n) is 12.7. The molecule has 0 heterocycles. The number of ether oxygens (including phenoxy) is 1. The second kappa shape index (κ2) is 6.58. The average Bonchev–Trinajstić information content (AvgIpc) is 2.35. The van der Waals surface area contributed by atoms with E-state index >= 15 is 0 Å². The van der Waals surface area contributed by atoms with E-state index in [0.717, 1.165) is 16.9 Å². The first-order chi connectivity index (χ1) is 8.96. The molecule has 0 aliphatic carbocycles. The Kier molecular flexibility index (Phi) is 5.38. The molecule has 3 nitrogen and oxygen atoms in total. The molecule has 0 saturated carbocycles. The smallest absolute Gasteiger partial charge is 0.124 e. The molecule has 0 fully saturated rings. The van der Waals surface area contributed by atoms with Gasteiger partial charge in [-0.2, -0.15) is 5.26 Å². The quantitative estimate of drug-likeness (QED) is 0.883. The molecule has 19 heavy (non-hydrogen) atoms. The van der Waals surface area contributed by atoms with E-state index in [4.69, 9.17) is 4.74 Å². The Hall–Kier alpha value is -1.53. The van der Waals surface area contributed by atoms with Gasteiger partial charge in [-0.1, -0.05) is 19.9 Å². The summed E-state index contributed by atoms with van der Waals surface area (Å²) in [5, 5.41) is 12.7. The Morgan fingerprint density at radius 1 is 1.26 bits per heavy atom. The molecule has 2 unspecified atom stereocenters. The van der Waals surface area contributed by atoms with Gasteiger partial charge < -0.3 is 10.1 Å². The van der Waals surface area contributed by atoms with Gasteiger partial charge in [-0.25, -0.2) is 0 Å². The predicted molar refractivity (Wildman–Crippen MR) is 78.2 cm³/mol. The molecule has 0 amide bonds. The van der Waals surface area contributed by atoms with Crippen molar-refractivity contribution in [3.8, 4) is 11.8 Å². The maximum Gasteiger partial charge on any atom is 0.124 e. The molecule has 0 aliphatic heterocycles. The molecule has 1 N–H and O–H groups in total. The third kappa shape index (κ3) is 3.27. The molecular formula is C16H24N2O. The van der Waals surface area contributed by atoms with Crippen LogP contribution in [0.5, 0.6) is 5.75 Å². The molecule has 2 atom stereocenters. The van der Waals surface area contributed by atoms with Gasteiger partial charge in [-0.3, -0.25) is 0 Å². The fraction of sp³-hybridized carbons (Fsp3) is 0.562. The molecule has 0 bridgehead atoms. The molecule has 0 spiro atoms. The Balaban J connectivity index is 3.37.